The highest BCUT2D eigenvalue weighted by Gasteiger charge is 2.31. The Morgan fingerprint density at radius 2 is 1.76 bits per heavy atom. The van der Waals surface area contributed by atoms with Crippen LogP contribution in [0.1, 0.15) is 11.1 Å². The van der Waals surface area contributed by atoms with E-state index in [2.05, 4.69) is 11.1 Å². The second-order valence-corrected chi connectivity index (χ2v) is 5.77. The number of nitrogen functional groups attached to an aromatic ring is 1. The fraction of sp³-hybridized carbons (Fsp3) is 0.294. The molecule has 1 fully saturated rings. The Morgan fingerprint density at radius 1 is 1.08 bits per heavy atom. The highest BCUT2D eigenvalue weighted by atomic mass is 19.4. The molecule has 0 atom stereocenters. The predicted octanol–water partition coefficient (Wildman–Crippen LogP) is 2.88. The van der Waals surface area contributed by atoms with E-state index in [0.717, 1.165) is 12.1 Å². The zero-order chi connectivity index (χ0) is 18.0. The first-order valence-electron chi connectivity index (χ1n) is 7.71. The third-order valence-corrected chi connectivity index (χ3v) is 4.13. The summed E-state index contributed by atoms with van der Waals surface area (Å²) in [6.07, 6.45) is -2.86. The van der Waals surface area contributed by atoms with Crippen LogP contribution in [0.4, 0.5) is 30.4 Å². The number of halogens is 3. The summed E-state index contributed by atoms with van der Waals surface area (Å²) in [5.41, 5.74) is 6.35. The molecule has 0 aliphatic carbocycles. The summed E-state index contributed by atoms with van der Waals surface area (Å²) in [6, 6.07) is 8.97. The second-order valence-electron chi connectivity index (χ2n) is 5.77. The van der Waals surface area contributed by atoms with Crippen LogP contribution in [0.5, 0.6) is 0 Å². The van der Waals surface area contributed by atoms with Crippen molar-refractivity contribution in [1.82, 2.24) is 4.98 Å². The van der Waals surface area contributed by atoms with Crippen molar-refractivity contribution in [2.75, 3.05) is 41.7 Å². The number of piperazine rings is 1. The second kappa shape index (κ2) is 6.51. The minimum Gasteiger partial charge on any atom is -0.397 e. The summed E-state index contributed by atoms with van der Waals surface area (Å²) in [6.45, 7) is 2.19. The van der Waals surface area contributed by atoms with Crippen LogP contribution in [0.2, 0.25) is 0 Å². The van der Waals surface area contributed by atoms with E-state index in [-0.39, 0.29) is 0 Å². The molecule has 5 nitrogen and oxygen atoms in total. The van der Waals surface area contributed by atoms with Crippen LogP contribution >= 0.6 is 0 Å². The van der Waals surface area contributed by atoms with Gasteiger partial charge in [0.1, 0.15) is 11.9 Å². The maximum absolute atomic E-state index is 12.9. The van der Waals surface area contributed by atoms with E-state index in [4.69, 9.17) is 5.73 Å². The van der Waals surface area contributed by atoms with Gasteiger partial charge in [-0.05, 0) is 24.3 Å². The lowest BCUT2D eigenvalue weighted by Gasteiger charge is -2.37. The van der Waals surface area contributed by atoms with Gasteiger partial charge in [-0.3, -0.25) is 0 Å². The lowest BCUT2D eigenvalue weighted by Crippen LogP contribution is -2.47. The summed E-state index contributed by atoms with van der Waals surface area (Å²) >= 11 is 0. The monoisotopic (exact) mass is 347 g/mol. The first kappa shape index (κ1) is 16.9. The van der Waals surface area contributed by atoms with Crippen molar-refractivity contribution in [3.63, 3.8) is 0 Å². The number of pyridine rings is 1. The number of hydrogen-bond acceptors (Lipinski definition) is 5. The summed E-state index contributed by atoms with van der Waals surface area (Å²) in [4.78, 5) is 8.07. The number of rotatable bonds is 2. The van der Waals surface area contributed by atoms with Gasteiger partial charge in [-0.25, -0.2) is 4.98 Å². The Kier molecular flexibility index (Phi) is 4.40. The van der Waals surface area contributed by atoms with Gasteiger partial charge in [-0.1, -0.05) is 6.07 Å². The van der Waals surface area contributed by atoms with Crippen molar-refractivity contribution < 1.29 is 13.2 Å². The van der Waals surface area contributed by atoms with Crippen LogP contribution in [0.25, 0.3) is 0 Å². The molecule has 1 aliphatic rings. The minimum atomic E-state index is -4.35. The molecule has 1 aliphatic heterocycles. The van der Waals surface area contributed by atoms with Gasteiger partial charge < -0.3 is 15.5 Å². The molecule has 0 unspecified atom stereocenters. The summed E-state index contributed by atoms with van der Waals surface area (Å²) < 4.78 is 38.6. The number of hydrogen-bond donors (Lipinski definition) is 1. The summed E-state index contributed by atoms with van der Waals surface area (Å²) in [5.74, 6) is 0.556. The maximum Gasteiger partial charge on any atom is 0.416 e. The van der Waals surface area contributed by atoms with E-state index in [0.29, 0.717) is 48.9 Å². The third-order valence-electron chi connectivity index (χ3n) is 4.13. The number of nitrogens with zero attached hydrogens (tertiary/aromatic N) is 4. The highest BCUT2D eigenvalue weighted by Crippen LogP contribution is 2.32. The SMILES string of the molecule is N#Cc1cc(N)cnc1N1CCN(c2cccc(C(F)(F)F)c2)CC1. The van der Waals surface area contributed by atoms with Gasteiger partial charge in [-0.15, -0.1) is 0 Å². The van der Waals surface area contributed by atoms with E-state index in [9.17, 15) is 18.4 Å². The van der Waals surface area contributed by atoms with Gasteiger partial charge in [0, 0.05) is 31.9 Å². The van der Waals surface area contributed by atoms with E-state index in [1.54, 1.807) is 12.1 Å². The fourth-order valence-electron chi connectivity index (χ4n) is 2.86. The van der Waals surface area contributed by atoms with Crippen molar-refractivity contribution in [3.05, 3.63) is 47.7 Å². The Bertz CT molecular complexity index is 805. The van der Waals surface area contributed by atoms with E-state index >= 15 is 0 Å². The molecule has 3 rings (SSSR count). The molecular formula is C17H16F3N5. The molecule has 25 heavy (non-hydrogen) atoms. The highest BCUT2D eigenvalue weighted by molar-refractivity contribution is 5.60. The average Bonchev–Trinajstić information content (AvgIpc) is 2.61. The molecule has 1 saturated heterocycles. The molecule has 2 N–H and O–H groups in total. The summed E-state index contributed by atoms with van der Waals surface area (Å²) in [7, 11) is 0. The fourth-order valence-corrected chi connectivity index (χ4v) is 2.86. The first-order chi connectivity index (χ1) is 11.9. The molecular weight excluding hydrogens is 331 g/mol. The van der Waals surface area contributed by atoms with Gasteiger partial charge in [0.15, 0.2) is 0 Å². The smallest absolute Gasteiger partial charge is 0.397 e. The molecule has 0 saturated carbocycles. The molecule has 2 aromatic rings. The van der Waals surface area contributed by atoms with Crippen LogP contribution in [0.3, 0.4) is 0 Å². The standard InChI is InChI=1S/C17H16F3N5/c18-17(19,20)13-2-1-3-15(9-13)24-4-6-25(7-5-24)16-12(10-21)8-14(22)11-23-16/h1-3,8-9,11H,4-7,22H2. The molecule has 130 valence electrons. The number of nitrogens with two attached hydrogens (primary N) is 1. The number of anilines is 3. The van der Waals surface area contributed by atoms with E-state index < -0.39 is 11.7 Å². The average molecular weight is 347 g/mol. The van der Waals surface area contributed by atoms with Crippen molar-refractivity contribution in [2.24, 2.45) is 0 Å². The van der Waals surface area contributed by atoms with Crippen LogP contribution < -0.4 is 15.5 Å². The lowest BCUT2D eigenvalue weighted by atomic mass is 10.1. The third kappa shape index (κ3) is 3.60. The van der Waals surface area contributed by atoms with E-state index in [1.807, 2.05) is 9.80 Å². The zero-order valence-electron chi connectivity index (χ0n) is 13.3. The largest absolute Gasteiger partial charge is 0.416 e. The number of benzene rings is 1. The van der Waals surface area contributed by atoms with Crippen molar-refractivity contribution in [1.29, 1.82) is 5.26 Å². The Morgan fingerprint density at radius 3 is 2.40 bits per heavy atom. The number of nitriles is 1. The van der Waals surface area contributed by atoms with Gasteiger partial charge in [0.2, 0.25) is 0 Å². The van der Waals surface area contributed by atoms with Crippen LogP contribution in [0.15, 0.2) is 36.5 Å². The Balaban J connectivity index is 1.74. The Hall–Kier alpha value is -2.95. The van der Waals surface area contributed by atoms with Crippen LogP contribution in [0, 0.1) is 11.3 Å². The Labute approximate surface area is 143 Å². The predicted molar refractivity (Wildman–Crippen MR) is 89.2 cm³/mol. The number of alkyl halides is 3. The van der Waals surface area contributed by atoms with Gasteiger partial charge in [0.25, 0.3) is 0 Å². The maximum atomic E-state index is 12.9. The molecule has 0 radical (unpaired) electrons. The van der Waals surface area contributed by atoms with Crippen molar-refractivity contribution in [3.8, 4) is 6.07 Å². The lowest BCUT2D eigenvalue weighted by molar-refractivity contribution is -0.137. The summed E-state index contributed by atoms with van der Waals surface area (Å²) in [5, 5.41) is 9.22. The van der Waals surface area contributed by atoms with Crippen LogP contribution in [-0.4, -0.2) is 31.2 Å². The van der Waals surface area contributed by atoms with Gasteiger partial charge in [0.05, 0.1) is 23.0 Å². The molecule has 1 aromatic carbocycles. The first-order valence-corrected chi connectivity index (χ1v) is 7.71. The quantitative estimate of drug-likeness (QED) is 0.905. The van der Waals surface area contributed by atoms with Crippen molar-refractivity contribution >= 4 is 17.2 Å². The minimum absolute atomic E-state index is 0.396. The van der Waals surface area contributed by atoms with Crippen LogP contribution in [-0.2, 0) is 6.18 Å². The zero-order valence-corrected chi connectivity index (χ0v) is 13.3. The molecule has 1 aromatic heterocycles. The molecule has 0 spiro atoms. The number of aromatic nitrogens is 1. The molecule has 8 heteroatoms. The molecule has 0 bridgehead atoms. The van der Waals surface area contributed by atoms with Gasteiger partial charge in [-0.2, -0.15) is 18.4 Å². The molecule has 2 heterocycles. The molecule has 0 amide bonds. The topological polar surface area (TPSA) is 69.2 Å². The normalized spacial score (nSPS) is 15.1. The van der Waals surface area contributed by atoms with Gasteiger partial charge >= 0.3 is 6.18 Å². The van der Waals surface area contributed by atoms with Crippen molar-refractivity contribution in [2.45, 2.75) is 6.18 Å². The van der Waals surface area contributed by atoms with E-state index in [1.165, 1.54) is 12.3 Å².